The molecule has 0 aliphatic carbocycles. The lowest BCUT2D eigenvalue weighted by Crippen LogP contribution is -2.40. The molecule has 1 saturated heterocycles. The molecule has 0 spiro atoms. The van der Waals surface area contributed by atoms with Crippen molar-refractivity contribution in [3.8, 4) is 11.5 Å². The predicted octanol–water partition coefficient (Wildman–Crippen LogP) is 3.31. The molecule has 1 aliphatic heterocycles. The number of methoxy groups -OCH3 is 2. The Hall–Kier alpha value is -1.43. The first-order valence-electron chi connectivity index (χ1n) is 6.47. The number of hydrogen-bond donors (Lipinski definition) is 1. The molecule has 1 aromatic carbocycles. The zero-order valence-electron chi connectivity index (χ0n) is 11.5. The SMILES string of the molecule is COc1ccc(C2CCC(C(F)(F)F)CN2)c(OC)c1. The summed E-state index contributed by atoms with van der Waals surface area (Å²) in [6.45, 7) is -0.0522. The molecule has 0 aromatic heterocycles. The van der Waals surface area contributed by atoms with E-state index in [-0.39, 0.29) is 19.0 Å². The fourth-order valence-corrected chi connectivity index (χ4v) is 2.51. The average Bonchev–Trinajstić information content (AvgIpc) is 2.45. The van der Waals surface area contributed by atoms with Crippen molar-refractivity contribution in [3.63, 3.8) is 0 Å². The molecule has 2 atom stereocenters. The van der Waals surface area contributed by atoms with Crippen LogP contribution in [0.2, 0.25) is 0 Å². The molecule has 0 saturated carbocycles. The second kappa shape index (κ2) is 5.91. The predicted molar refractivity (Wildman–Crippen MR) is 69.1 cm³/mol. The summed E-state index contributed by atoms with van der Waals surface area (Å²) < 4.78 is 48.3. The van der Waals surface area contributed by atoms with Gasteiger partial charge >= 0.3 is 6.18 Å². The summed E-state index contributed by atoms with van der Waals surface area (Å²) in [7, 11) is 3.10. The zero-order valence-corrected chi connectivity index (χ0v) is 11.5. The van der Waals surface area contributed by atoms with Crippen molar-refractivity contribution in [2.24, 2.45) is 5.92 Å². The van der Waals surface area contributed by atoms with E-state index in [1.165, 1.54) is 0 Å². The quantitative estimate of drug-likeness (QED) is 0.926. The standard InChI is InChI=1S/C14H18F3NO2/c1-19-10-4-5-11(13(7-10)20-2)12-6-3-9(8-18-12)14(15,16)17/h4-5,7,9,12,18H,3,6,8H2,1-2H3. The van der Waals surface area contributed by atoms with E-state index < -0.39 is 12.1 Å². The van der Waals surface area contributed by atoms with Gasteiger partial charge in [-0.25, -0.2) is 0 Å². The zero-order chi connectivity index (χ0) is 14.8. The highest BCUT2D eigenvalue weighted by molar-refractivity contribution is 5.42. The first-order chi connectivity index (χ1) is 9.45. The van der Waals surface area contributed by atoms with Crippen LogP contribution in [0.15, 0.2) is 18.2 Å². The van der Waals surface area contributed by atoms with E-state index in [1.807, 2.05) is 6.07 Å². The largest absolute Gasteiger partial charge is 0.497 e. The molecular formula is C14H18F3NO2. The highest BCUT2D eigenvalue weighted by Gasteiger charge is 2.41. The average molecular weight is 289 g/mol. The maximum Gasteiger partial charge on any atom is 0.393 e. The molecule has 0 amide bonds. The van der Waals surface area contributed by atoms with E-state index >= 15 is 0 Å². The monoisotopic (exact) mass is 289 g/mol. The minimum Gasteiger partial charge on any atom is -0.497 e. The third-order valence-corrected chi connectivity index (χ3v) is 3.69. The van der Waals surface area contributed by atoms with Crippen LogP contribution >= 0.6 is 0 Å². The molecular weight excluding hydrogens is 271 g/mol. The van der Waals surface area contributed by atoms with Gasteiger partial charge in [0.05, 0.1) is 20.1 Å². The van der Waals surface area contributed by atoms with Gasteiger partial charge in [0, 0.05) is 24.2 Å². The number of halogens is 3. The minimum atomic E-state index is -4.12. The summed E-state index contributed by atoms with van der Waals surface area (Å²) in [5, 5.41) is 2.96. The number of piperidine rings is 1. The van der Waals surface area contributed by atoms with Crippen molar-refractivity contribution in [3.05, 3.63) is 23.8 Å². The summed E-state index contributed by atoms with van der Waals surface area (Å²) in [5.74, 6) is 0.0323. The smallest absolute Gasteiger partial charge is 0.393 e. The molecule has 20 heavy (non-hydrogen) atoms. The van der Waals surface area contributed by atoms with Gasteiger partial charge in [0.1, 0.15) is 11.5 Å². The molecule has 2 rings (SSSR count). The number of benzene rings is 1. The second-order valence-corrected chi connectivity index (χ2v) is 4.88. The fraction of sp³-hybridized carbons (Fsp3) is 0.571. The van der Waals surface area contributed by atoms with Crippen LogP contribution in [-0.2, 0) is 0 Å². The lowest BCUT2D eigenvalue weighted by molar-refractivity contribution is -0.179. The third kappa shape index (κ3) is 3.17. The lowest BCUT2D eigenvalue weighted by Gasteiger charge is -2.32. The molecule has 2 unspecified atom stereocenters. The molecule has 1 fully saturated rings. The maximum absolute atomic E-state index is 12.6. The van der Waals surface area contributed by atoms with Crippen molar-refractivity contribution in [2.45, 2.75) is 25.1 Å². The van der Waals surface area contributed by atoms with Gasteiger partial charge in [-0.1, -0.05) is 6.07 Å². The summed E-state index contributed by atoms with van der Waals surface area (Å²) in [5.41, 5.74) is 0.869. The van der Waals surface area contributed by atoms with E-state index in [4.69, 9.17) is 9.47 Å². The van der Waals surface area contributed by atoms with Crippen LogP contribution in [0.25, 0.3) is 0 Å². The summed E-state index contributed by atoms with van der Waals surface area (Å²) in [4.78, 5) is 0. The Morgan fingerprint density at radius 3 is 2.40 bits per heavy atom. The highest BCUT2D eigenvalue weighted by atomic mass is 19.4. The van der Waals surface area contributed by atoms with Gasteiger partial charge in [0.15, 0.2) is 0 Å². The topological polar surface area (TPSA) is 30.5 Å². The van der Waals surface area contributed by atoms with Crippen molar-refractivity contribution in [1.82, 2.24) is 5.32 Å². The van der Waals surface area contributed by atoms with Gasteiger partial charge in [0.25, 0.3) is 0 Å². The molecule has 1 aromatic rings. The van der Waals surface area contributed by atoms with E-state index in [9.17, 15) is 13.2 Å². The first-order valence-corrected chi connectivity index (χ1v) is 6.47. The van der Waals surface area contributed by atoms with E-state index in [0.717, 1.165) is 5.56 Å². The third-order valence-electron chi connectivity index (χ3n) is 3.69. The normalized spacial score (nSPS) is 23.4. The Balaban J connectivity index is 2.10. The molecule has 3 nitrogen and oxygen atoms in total. The molecule has 1 aliphatic rings. The van der Waals surface area contributed by atoms with Crippen LogP contribution in [0.4, 0.5) is 13.2 Å². The molecule has 6 heteroatoms. The van der Waals surface area contributed by atoms with Gasteiger partial charge in [-0.3, -0.25) is 0 Å². The van der Waals surface area contributed by atoms with Crippen molar-refractivity contribution in [2.75, 3.05) is 20.8 Å². The van der Waals surface area contributed by atoms with Crippen molar-refractivity contribution in [1.29, 1.82) is 0 Å². The van der Waals surface area contributed by atoms with Crippen molar-refractivity contribution >= 4 is 0 Å². The van der Waals surface area contributed by atoms with E-state index in [1.54, 1.807) is 26.4 Å². The number of ether oxygens (including phenoxy) is 2. The summed E-state index contributed by atoms with van der Waals surface area (Å²) in [6, 6.07) is 5.25. The van der Waals surface area contributed by atoms with Crippen LogP contribution in [0.3, 0.4) is 0 Å². The van der Waals surface area contributed by atoms with E-state index in [2.05, 4.69) is 5.32 Å². The van der Waals surface area contributed by atoms with Crippen LogP contribution in [0.5, 0.6) is 11.5 Å². The Morgan fingerprint density at radius 1 is 1.15 bits per heavy atom. The molecule has 112 valence electrons. The van der Waals surface area contributed by atoms with Crippen LogP contribution in [-0.4, -0.2) is 26.9 Å². The fourth-order valence-electron chi connectivity index (χ4n) is 2.51. The number of nitrogens with one attached hydrogen (secondary N) is 1. The Bertz CT molecular complexity index is 454. The number of alkyl halides is 3. The summed E-state index contributed by atoms with van der Waals surface area (Å²) >= 11 is 0. The Labute approximate surface area is 116 Å². The Morgan fingerprint density at radius 2 is 1.90 bits per heavy atom. The van der Waals surface area contributed by atoms with Crippen molar-refractivity contribution < 1.29 is 22.6 Å². The lowest BCUT2D eigenvalue weighted by atomic mass is 9.90. The van der Waals surface area contributed by atoms with Gasteiger partial charge in [0.2, 0.25) is 0 Å². The Kier molecular flexibility index (Phi) is 4.42. The second-order valence-electron chi connectivity index (χ2n) is 4.88. The van der Waals surface area contributed by atoms with Gasteiger partial charge in [-0.05, 0) is 18.9 Å². The highest BCUT2D eigenvalue weighted by Crippen LogP contribution is 2.38. The molecule has 1 N–H and O–H groups in total. The number of hydrogen-bond acceptors (Lipinski definition) is 3. The van der Waals surface area contributed by atoms with Gasteiger partial charge in [-0.2, -0.15) is 13.2 Å². The van der Waals surface area contributed by atoms with Crippen LogP contribution in [0.1, 0.15) is 24.4 Å². The minimum absolute atomic E-state index is 0.0522. The van der Waals surface area contributed by atoms with Gasteiger partial charge < -0.3 is 14.8 Å². The van der Waals surface area contributed by atoms with E-state index in [0.29, 0.717) is 17.9 Å². The molecule has 0 bridgehead atoms. The van der Waals surface area contributed by atoms with Crippen LogP contribution in [0, 0.1) is 5.92 Å². The maximum atomic E-state index is 12.6. The molecule has 1 heterocycles. The van der Waals surface area contributed by atoms with Crippen LogP contribution < -0.4 is 14.8 Å². The first kappa shape index (κ1) is 15.0. The van der Waals surface area contributed by atoms with Gasteiger partial charge in [-0.15, -0.1) is 0 Å². The molecule has 0 radical (unpaired) electrons. The number of rotatable bonds is 3. The summed E-state index contributed by atoms with van der Waals surface area (Å²) in [6.07, 6.45) is -3.55.